The van der Waals surface area contributed by atoms with Crippen LogP contribution in [0.2, 0.25) is 0 Å². The second-order valence-electron chi connectivity index (χ2n) is 5.85. The van der Waals surface area contributed by atoms with Gasteiger partial charge in [0, 0.05) is 18.5 Å². The van der Waals surface area contributed by atoms with Crippen molar-refractivity contribution in [3.05, 3.63) is 30.3 Å². The number of rotatable bonds is 9. The Kier molecular flexibility index (Phi) is 8.22. The van der Waals surface area contributed by atoms with Crippen molar-refractivity contribution in [2.75, 3.05) is 5.32 Å². The van der Waals surface area contributed by atoms with Gasteiger partial charge in [0.25, 0.3) is 0 Å². The summed E-state index contributed by atoms with van der Waals surface area (Å²) >= 11 is 0. The SMILES string of the molecule is CC(CCCCC(=O)Nc1ccccc1)C(C)CC(=O)NO. The number of unbranched alkanes of at least 4 members (excludes halogenated alkanes) is 1. The summed E-state index contributed by atoms with van der Waals surface area (Å²) in [6.45, 7) is 4.10. The van der Waals surface area contributed by atoms with Gasteiger partial charge in [0.1, 0.15) is 0 Å². The standard InChI is InChI=1S/C17H26N2O3/c1-13(14(2)12-17(21)19-22)8-6-7-11-16(20)18-15-9-4-3-5-10-15/h3-5,9-10,13-14,22H,6-8,11-12H2,1-2H3,(H,18,20)(H,19,21). The van der Waals surface area contributed by atoms with E-state index in [0.29, 0.717) is 18.8 Å². The van der Waals surface area contributed by atoms with E-state index in [-0.39, 0.29) is 17.7 Å². The molecule has 0 aliphatic carbocycles. The van der Waals surface area contributed by atoms with Crippen LogP contribution in [0.25, 0.3) is 0 Å². The van der Waals surface area contributed by atoms with E-state index in [1.165, 1.54) is 0 Å². The molecule has 22 heavy (non-hydrogen) atoms. The molecule has 3 N–H and O–H groups in total. The summed E-state index contributed by atoms with van der Waals surface area (Å²) in [5.41, 5.74) is 2.49. The van der Waals surface area contributed by atoms with Gasteiger partial charge in [-0.2, -0.15) is 0 Å². The molecule has 2 amide bonds. The summed E-state index contributed by atoms with van der Waals surface area (Å²) in [7, 11) is 0. The van der Waals surface area contributed by atoms with Crippen LogP contribution in [-0.4, -0.2) is 17.0 Å². The fourth-order valence-electron chi connectivity index (χ4n) is 2.32. The van der Waals surface area contributed by atoms with Gasteiger partial charge in [0.2, 0.25) is 11.8 Å². The van der Waals surface area contributed by atoms with Gasteiger partial charge in [-0.15, -0.1) is 0 Å². The van der Waals surface area contributed by atoms with Gasteiger partial charge < -0.3 is 5.32 Å². The van der Waals surface area contributed by atoms with E-state index >= 15 is 0 Å². The van der Waals surface area contributed by atoms with Gasteiger partial charge in [-0.25, -0.2) is 5.48 Å². The molecule has 0 saturated carbocycles. The quantitative estimate of drug-likeness (QED) is 0.372. The van der Waals surface area contributed by atoms with Crippen molar-refractivity contribution in [3.63, 3.8) is 0 Å². The molecule has 0 saturated heterocycles. The lowest BCUT2D eigenvalue weighted by molar-refractivity contribution is -0.130. The summed E-state index contributed by atoms with van der Waals surface area (Å²) in [4.78, 5) is 22.9. The first-order valence-electron chi connectivity index (χ1n) is 7.80. The minimum absolute atomic E-state index is 0.0339. The molecule has 2 atom stereocenters. The molecule has 5 heteroatoms. The van der Waals surface area contributed by atoms with E-state index < -0.39 is 0 Å². The number of nitrogens with one attached hydrogen (secondary N) is 2. The summed E-state index contributed by atoms with van der Waals surface area (Å²) in [5.74, 6) is 0.285. The van der Waals surface area contributed by atoms with E-state index in [2.05, 4.69) is 12.2 Å². The third kappa shape index (κ3) is 7.22. The second kappa shape index (κ2) is 9.95. The molecule has 0 fully saturated rings. The van der Waals surface area contributed by atoms with Gasteiger partial charge in [0.05, 0.1) is 0 Å². The average Bonchev–Trinajstić information content (AvgIpc) is 2.52. The Morgan fingerprint density at radius 3 is 2.36 bits per heavy atom. The number of carbonyl (C=O) groups excluding carboxylic acids is 2. The maximum Gasteiger partial charge on any atom is 0.243 e. The molecule has 0 aromatic heterocycles. The first kappa shape index (κ1) is 18.2. The van der Waals surface area contributed by atoms with Crippen molar-refractivity contribution < 1.29 is 14.8 Å². The van der Waals surface area contributed by atoms with Crippen LogP contribution in [0.4, 0.5) is 5.69 Å². The zero-order valence-corrected chi connectivity index (χ0v) is 13.3. The Hall–Kier alpha value is -1.88. The van der Waals surface area contributed by atoms with Crippen molar-refractivity contribution in [2.45, 2.75) is 46.0 Å². The number of anilines is 1. The van der Waals surface area contributed by atoms with Crippen LogP contribution in [-0.2, 0) is 9.59 Å². The number of hydrogen-bond acceptors (Lipinski definition) is 3. The number of hydrogen-bond donors (Lipinski definition) is 3. The zero-order chi connectivity index (χ0) is 16.4. The molecule has 0 spiro atoms. The van der Waals surface area contributed by atoms with Crippen LogP contribution in [0.1, 0.15) is 46.0 Å². The third-order valence-electron chi connectivity index (χ3n) is 3.97. The maximum absolute atomic E-state index is 11.8. The van der Waals surface area contributed by atoms with E-state index in [0.717, 1.165) is 24.9 Å². The molecule has 0 aliphatic rings. The first-order valence-corrected chi connectivity index (χ1v) is 7.80. The van der Waals surface area contributed by atoms with E-state index in [9.17, 15) is 9.59 Å². The van der Waals surface area contributed by atoms with Crippen molar-refractivity contribution in [3.8, 4) is 0 Å². The van der Waals surface area contributed by atoms with Gasteiger partial charge in [0.15, 0.2) is 0 Å². The lowest BCUT2D eigenvalue weighted by Crippen LogP contribution is -2.23. The smallest absolute Gasteiger partial charge is 0.243 e. The highest BCUT2D eigenvalue weighted by Gasteiger charge is 2.15. The minimum atomic E-state index is -0.346. The van der Waals surface area contributed by atoms with Gasteiger partial charge in [-0.05, 0) is 30.4 Å². The number of hydroxylamine groups is 1. The Balaban J connectivity index is 2.16. The maximum atomic E-state index is 11.8. The highest BCUT2D eigenvalue weighted by atomic mass is 16.5. The topological polar surface area (TPSA) is 78.4 Å². The lowest BCUT2D eigenvalue weighted by Gasteiger charge is -2.18. The minimum Gasteiger partial charge on any atom is -0.326 e. The number of benzene rings is 1. The molecule has 0 aliphatic heterocycles. The number of para-hydroxylation sites is 1. The molecular weight excluding hydrogens is 280 g/mol. The third-order valence-corrected chi connectivity index (χ3v) is 3.97. The predicted octanol–water partition coefficient (Wildman–Crippen LogP) is 3.35. The van der Waals surface area contributed by atoms with E-state index in [4.69, 9.17) is 5.21 Å². The van der Waals surface area contributed by atoms with Gasteiger partial charge in [-0.3, -0.25) is 14.8 Å². The lowest BCUT2D eigenvalue weighted by atomic mass is 9.88. The molecule has 5 nitrogen and oxygen atoms in total. The molecule has 1 aromatic rings. The van der Waals surface area contributed by atoms with Crippen LogP contribution in [0.15, 0.2) is 30.3 Å². The summed E-state index contributed by atoms with van der Waals surface area (Å²) < 4.78 is 0. The van der Waals surface area contributed by atoms with E-state index in [1.54, 1.807) is 5.48 Å². The van der Waals surface area contributed by atoms with Crippen LogP contribution in [0.5, 0.6) is 0 Å². The van der Waals surface area contributed by atoms with Crippen LogP contribution >= 0.6 is 0 Å². The second-order valence-corrected chi connectivity index (χ2v) is 5.85. The van der Waals surface area contributed by atoms with Crippen LogP contribution in [0.3, 0.4) is 0 Å². The Morgan fingerprint density at radius 1 is 1.05 bits per heavy atom. The number of amides is 2. The summed E-state index contributed by atoms with van der Waals surface area (Å²) in [6.07, 6.45) is 3.59. The van der Waals surface area contributed by atoms with Crippen LogP contribution in [0, 0.1) is 11.8 Å². The fraction of sp³-hybridized carbons (Fsp3) is 0.529. The summed E-state index contributed by atoms with van der Waals surface area (Å²) in [6, 6.07) is 9.43. The average molecular weight is 306 g/mol. The molecule has 1 aromatic carbocycles. The van der Waals surface area contributed by atoms with Crippen molar-refractivity contribution >= 4 is 17.5 Å². The monoisotopic (exact) mass is 306 g/mol. The van der Waals surface area contributed by atoms with Crippen LogP contribution < -0.4 is 10.8 Å². The van der Waals surface area contributed by atoms with Crippen molar-refractivity contribution in [1.29, 1.82) is 0 Å². The Bertz CT molecular complexity index is 462. The molecule has 122 valence electrons. The fourth-order valence-corrected chi connectivity index (χ4v) is 2.32. The Labute approximate surface area is 132 Å². The highest BCUT2D eigenvalue weighted by Crippen LogP contribution is 2.21. The molecule has 0 radical (unpaired) electrons. The molecule has 0 heterocycles. The first-order chi connectivity index (χ1) is 10.5. The summed E-state index contributed by atoms with van der Waals surface area (Å²) in [5, 5.41) is 11.4. The number of carbonyl (C=O) groups is 2. The molecular formula is C17H26N2O3. The molecule has 1 rings (SSSR count). The zero-order valence-electron chi connectivity index (χ0n) is 13.3. The normalized spacial score (nSPS) is 13.2. The van der Waals surface area contributed by atoms with E-state index in [1.807, 2.05) is 37.3 Å². The largest absolute Gasteiger partial charge is 0.326 e. The van der Waals surface area contributed by atoms with Crippen molar-refractivity contribution in [1.82, 2.24) is 5.48 Å². The predicted molar refractivity (Wildman–Crippen MR) is 86.4 cm³/mol. The van der Waals surface area contributed by atoms with Gasteiger partial charge in [-0.1, -0.05) is 44.9 Å². The highest BCUT2D eigenvalue weighted by molar-refractivity contribution is 5.90. The molecule has 0 bridgehead atoms. The van der Waals surface area contributed by atoms with Crippen molar-refractivity contribution in [2.24, 2.45) is 11.8 Å². The Morgan fingerprint density at radius 2 is 1.73 bits per heavy atom. The molecule has 2 unspecified atom stereocenters. The van der Waals surface area contributed by atoms with Gasteiger partial charge >= 0.3 is 0 Å².